The predicted octanol–water partition coefficient (Wildman–Crippen LogP) is 9.04. The van der Waals surface area contributed by atoms with E-state index in [1.54, 1.807) is 44.1 Å². The minimum atomic E-state index is -7.92. The smallest absolute Gasteiger partial charge is 0.297 e. The van der Waals surface area contributed by atoms with Crippen molar-refractivity contribution < 1.29 is 61.9 Å². The molecule has 0 fully saturated rings. The Morgan fingerprint density at radius 1 is 0.698 bits per heavy atom. The molecule has 2 aromatic rings. The van der Waals surface area contributed by atoms with Gasteiger partial charge in [0.05, 0.1) is 5.54 Å². The topological polar surface area (TPSA) is 20.3 Å². The molecule has 0 aliphatic carbocycles. The Morgan fingerprint density at radius 2 is 1.19 bits per heavy atom. The second-order valence-electron chi connectivity index (χ2n) is 9.89. The molecule has 0 saturated heterocycles. The van der Waals surface area contributed by atoms with Crippen LogP contribution in [0.15, 0.2) is 59.5 Å². The van der Waals surface area contributed by atoms with Crippen LogP contribution in [0.4, 0.5) is 57.1 Å². The zero-order valence-electron chi connectivity index (χ0n) is 22.7. The van der Waals surface area contributed by atoms with Gasteiger partial charge in [0.2, 0.25) is 0 Å². The SMILES string of the molecule is CCC(Cc1ccccc1)(C(=O)c1ccc(SCCC(F)(F)C(F)(F)C(F)(F)C(F)(F)C(F)(F)C(F)(F)F)cc1)N(C)C. The lowest BCUT2D eigenvalue weighted by atomic mass is 9.80. The molecule has 0 heterocycles. The molecule has 1 atom stereocenters. The van der Waals surface area contributed by atoms with Crippen LogP contribution >= 0.6 is 11.8 Å². The molecule has 43 heavy (non-hydrogen) atoms. The number of likely N-dealkylation sites (N-methyl/N-ethyl adjacent to an activating group) is 1. The maximum absolute atomic E-state index is 14.1. The number of Topliss-reactive ketones (excluding diaryl/α,β-unsaturated/α-hetero) is 1. The summed E-state index contributed by atoms with van der Waals surface area (Å²) in [5.74, 6) is -38.4. The number of halogens is 13. The summed E-state index contributed by atoms with van der Waals surface area (Å²) in [6.07, 6.45) is -9.04. The highest BCUT2D eigenvalue weighted by Crippen LogP contribution is 2.60. The summed E-state index contributed by atoms with van der Waals surface area (Å²) in [6, 6.07) is 14.1. The number of alkyl halides is 13. The van der Waals surface area contributed by atoms with Crippen molar-refractivity contribution in [1.82, 2.24) is 4.90 Å². The fourth-order valence-corrected chi connectivity index (χ4v) is 5.13. The Kier molecular flexibility index (Phi) is 10.7. The van der Waals surface area contributed by atoms with Gasteiger partial charge in [-0.2, -0.15) is 57.1 Å². The van der Waals surface area contributed by atoms with Crippen molar-refractivity contribution in [2.45, 2.75) is 72.4 Å². The lowest BCUT2D eigenvalue weighted by molar-refractivity contribution is -0.439. The third-order valence-corrected chi connectivity index (χ3v) is 8.02. The van der Waals surface area contributed by atoms with E-state index in [4.69, 9.17) is 0 Å². The molecule has 0 aliphatic heterocycles. The van der Waals surface area contributed by atoms with Gasteiger partial charge in [-0.3, -0.25) is 9.69 Å². The number of hydrogen-bond acceptors (Lipinski definition) is 3. The number of thioether (sulfide) groups is 1. The Balaban J connectivity index is 2.20. The Bertz CT molecular complexity index is 1230. The zero-order chi connectivity index (χ0) is 33.3. The normalized spacial score (nSPS) is 15.5. The van der Waals surface area contributed by atoms with Gasteiger partial charge < -0.3 is 0 Å². The van der Waals surface area contributed by atoms with E-state index in [2.05, 4.69) is 0 Å². The first-order valence-corrected chi connectivity index (χ1v) is 13.4. The van der Waals surface area contributed by atoms with Crippen molar-refractivity contribution in [2.75, 3.05) is 19.8 Å². The van der Waals surface area contributed by atoms with Gasteiger partial charge in [-0.25, -0.2) is 0 Å². The molecule has 242 valence electrons. The van der Waals surface area contributed by atoms with E-state index in [1.807, 2.05) is 12.1 Å². The van der Waals surface area contributed by atoms with E-state index in [-0.39, 0.29) is 16.2 Å². The molecule has 2 nitrogen and oxygen atoms in total. The first-order valence-electron chi connectivity index (χ1n) is 12.4. The molecule has 0 saturated carbocycles. The van der Waals surface area contributed by atoms with E-state index in [0.717, 1.165) is 5.56 Å². The summed E-state index contributed by atoms with van der Waals surface area (Å²) in [7, 11) is 3.41. The third-order valence-electron chi connectivity index (χ3n) is 7.00. The zero-order valence-corrected chi connectivity index (χ0v) is 23.5. The number of carbonyl (C=O) groups is 1. The van der Waals surface area contributed by atoms with Crippen LogP contribution in [0.25, 0.3) is 0 Å². The van der Waals surface area contributed by atoms with Gasteiger partial charge in [-0.05, 0) is 44.6 Å². The third kappa shape index (κ3) is 6.64. The average Bonchev–Trinajstić information content (AvgIpc) is 2.91. The Hall–Kier alpha value is -2.49. The molecular formula is C27H26F13NOS. The number of nitrogens with zero attached hydrogens (tertiary/aromatic N) is 1. The van der Waals surface area contributed by atoms with Gasteiger partial charge in [0.15, 0.2) is 5.78 Å². The van der Waals surface area contributed by atoms with Crippen LogP contribution in [-0.2, 0) is 6.42 Å². The van der Waals surface area contributed by atoms with Gasteiger partial charge in [-0.15, -0.1) is 11.8 Å². The number of carbonyl (C=O) groups excluding carboxylic acids is 1. The first-order chi connectivity index (χ1) is 19.4. The molecule has 0 aliphatic rings. The second kappa shape index (κ2) is 12.5. The van der Waals surface area contributed by atoms with Gasteiger partial charge in [-0.1, -0.05) is 49.4 Å². The van der Waals surface area contributed by atoms with Crippen LogP contribution in [0.2, 0.25) is 0 Å². The van der Waals surface area contributed by atoms with E-state index in [1.165, 1.54) is 24.3 Å². The molecular weight excluding hydrogens is 633 g/mol. The quantitative estimate of drug-likeness (QED) is 0.115. The highest BCUT2D eigenvalue weighted by molar-refractivity contribution is 7.99. The maximum Gasteiger partial charge on any atom is 0.460 e. The van der Waals surface area contributed by atoms with Gasteiger partial charge in [0.1, 0.15) is 0 Å². The summed E-state index contributed by atoms with van der Waals surface area (Å²) < 4.78 is 173. The van der Waals surface area contributed by atoms with Crippen LogP contribution in [0.5, 0.6) is 0 Å². The standard InChI is InChI=1S/C27H26F13NOS/c1-4-21(41(2)3,16-17-8-6-5-7-9-17)20(42)18-10-12-19(13-11-18)43-15-14-22(28,29)23(30,31)24(32,33)25(34,35)26(36,37)27(38,39)40/h5-13H,4,14-16H2,1-3H3. The molecule has 0 spiro atoms. The molecule has 1 unspecified atom stereocenters. The summed E-state index contributed by atoms with van der Waals surface area (Å²) in [4.78, 5) is 15.3. The molecule has 0 radical (unpaired) electrons. The number of rotatable bonds is 14. The second-order valence-corrected chi connectivity index (χ2v) is 11.1. The Labute approximate surface area is 242 Å². The van der Waals surface area contributed by atoms with Gasteiger partial charge >= 0.3 is 35.8 Å². The molecule has 16 heteroatoms. The van der Waals surface area contributed by atoms with Crippen molar-refractivity contribution in [1.29, 1.82) is 0 Å². The van der Waals surface area contributed by atoms with Crippen LogP contribution in [0, 0.1) is 0 Å². The fraction of sp³-hybridized carbons (Fsp3) is 0.519. The van der Waals surface area contributed by atoms with Gasteiger partial charge in [0.25, 0.3) is 0 Å². The van der Waals surface area contributed by atoms with Crippen molar-refractivity contribution in [3.8, 4) is 0 Å². The predicted molar refractivity (Wildman–Crippen MR) is 134 cm³/mol. The molecule has 2 aromatic carbocycles. The molecule has 0 bridgehead atoms. The van der Waals surface area contributed by atoms with Crippen LogP contribution < -0.4 is 0 Å². The van der Waals surface area contributed by atoms with Crippen LogP contribution in [0.1, 0.15) is 35.7 Å². The summed E-state index contributed by atoms with van der Waals surface area (Å²) in [6.45, 7) is 1.80. The lowest BCUT2D eigenvalue weighted by Gasteiger charge is -2.39. The highest BCUT2D eigenvalue weighted by atomic mass is 32.2. The highest BCUT2D eigenvalue weighted by Gasteiger charge is 2.90. The fourth-order valence-electron chi connectivity index (χ4n) is 4.20. The van der Waals surface area contributed by atoms with Crippen molar-refractivity contribution >= 4 is 17.5 Å². The van der Waals surface area contributed by atoms with Gasteiger partial charge in [0, 0.05) is 22.6 Å². The monoisotopic (exact) mass is 659 g/mol. The summed E-state index contributed by atoms with van der Waals surface area (Å²) in [5, 5.41) is 0. The van der Waals surface area contributed by atoms with Crippen molar-refractivity contribution in [3.05, 3.63) is 65.7 Å². The summed E-state index contributed by atoms with van der Waals surface area (Å²) in [5.41, 5.74) is 0.0433. The lowest BCUT2D eigenvalue weighted by Crippen LogP contribution is -2.70. The molecule has 0 amide bonds. The Morgan fingerprint density at radius 3 is 1.63 bits per heavy atom. The van der Waals surface area contributed by atoms with Crippen molar-refractivity contribution in [2.24, 2.45) is 0 Å². The molecule has 2 rings (SSSR count). The first kappa shape index (κ1) is 36.7. The van der Waals surface area contributed by atoms with E-state index in [9.17, 15) is 61.9 Å². The van der Waals surface area contributed by atoms with E-state index in [0.29, 0.717) is 24.6 Å². The number of benzene rings is 2. The summed E-state index contributed by atoms with van der Waals surface area (Å²) >= 11 is 0.338. The average molecular weight is 660 g/mol. The van der Waals surface area contributed by atoms with Crippen LogP contribution in [0.3, 0.4) is 0 Å². The number of ketones is 1. The van der Waals surface area contributed by atoms with Crippen molar-refractivity contribution in [3.63, 3.8) is 0 Å². The van der Waals surface area contributed by atoms with E-state index >= 15 is 0 Å². The minimum Gasteiger partial charge on any atom is -0.297 e. The molecule has 0 N–H and O–H groups in total. The maximum atomic E-state index is 14.1. The van der Waals surface area contributed by atoms with E-state index < -0.39 is 53.5 Å². The number of hydrogen-bond donors (Lipinski definition) is 0. The minimum absolute atomic E-state index is 0.0476. The largest absolute Gasteiger partial charge is 0.460 e. The molecule has 0 aromatic heterocycles. The van der Waals surface area contributed by atoms with Crippen LogP contribution in [-0.4, -0.2) is 71.9 Å².